The van der Waals surface area contributed by atoms with Crippen LogP contribution in [-0.2, 0) is 5.33 Å². The average molecular weight is 340 g/mol. The largest absolute Gasteiger partial charge is 0.321 e. The summed E-state index contributed by atoms with van der Waals surface area (Å²) >= 11 is 4.52. The molecule has 1 aromatic carbocycles. The van der Waals surface area contributed by atoms with Crippen molar-refractivity contribution < 1.29 is 4.79 Å². The number of carbonyl (C=O) groups is 1. The molecule has 0 saturated carbocycles. The van der Waals surface area contributed by atoms with Crippen LogP contribution in [0.15, 0.2) is 24.3 Å². The topological polar surface area (TPSA) is 54.9 Å². The summed E-state index contributed by atoms with van der Waals surface area (Å²) in [7, 11) is 0. The first kappa shape index (κ1) is 14.1. The van der Waals surface area contributed by atoms with Crippen LogP contribution in [0.3, 0.4) is 0 Å². The monoisotopic (exact) mass is 339 g/mol. The highest BCUT2D eigenvalue weighted by molar-refractivity contribution is 9.08. The van der Waals surface area contributed by atoms with E-state index in [0.717, 1.165) is 28.2 Å². The van der Waals surface area contributed by atoms with Crippen LogP contribution < -0.4 is 5.32 Å². The molecule has 0 aliphatic heterocycles. The van der Waals surface area contributed by atoms with Gasteiger partial charge in [-0.15, -0.1) is 5.10 Å². The van der Waals surface area contributed by atoms with Crippen molar-refractivity contribution in [1.82, 2.24) is 9.59 Å². The molecular weight excluding hydrogens is 326 g/mol. The highest BCUT2D eigenvalue weighted by Gasteiger charge is 2.18. The number of rotatable bonds is 4. The van der Waals surface area contributed by atoms with Crippen LogP contribution in [-0.4, -0.2) is 15.5 Å². The molecule has 1 aromatic heterocycles. The maximum atomic E-state index is 12.2. The van der Waals surface area contributed by atoms with Gasteiger partial charge in [0.25, 0.3) is 5.91 Å². The van der Waals surface area contributed by atoms with Crippen LogP contribution in [0.5, 0.6) is 0 Å². The van der Waals surface area contributed by atoms with E-state index >= 15 is 0 Å². The minimum Gasteiger partial charge on any atom is -0.321 e. The maximum absolute atomic E-state index is 12.2. The Morgan fingerprint density at radius 3 is 2.63 bits per heavy atom. The van der Waals surface area contributed by atoms with Crippen LogP contribution >= 0.6 is 27.5 Å². The molecule has 1 N–H and O–H groups in total. The summed E-state index contributed by atoms with van der Waals surface area (Å²) in [5.41, 5.74) is 2.69. The van der Waals surface area contributed by atoms with Gasteiger partial charge in [-0.3, -0.25) is 4.79 Å². The van der Waals surface area contributed by atoms with Gasteiger partial charge in [-0.1, -0.05) is 46.4 Å². The van der Waals surface area contributed by atoms with Crippen molar-refractivity contribution in [3.05, 3.63) is 40.4 Å². The smallest absolute Gasteiger partial charge is 0.269 e. The van der Waals surface area contributed by atoms with Gasteiger partial charge < -0.3 is 5.32 Å². The Bertz CT molecular complexity index is 566. The molecule has 1 amide bonds. The zero-order valence-electron chi connectivity index (χ0n) is 10.7. The van der Waals surface area contributed by atoms with E-state index in [1.807, 2.05) is 38.1 Å². The van der Waals surface area contributed by atoms with Gasteiger partial charge in [-0.25, -0.2) is 0 Å². The number of halogens is 1. The Labute approximate surface area is 124 Å². The quantitative estimate of drug-likeness (QED) is 0.861. The summed E-state index contributed by atoms with van der Waals surface area (Å²) in [6, 6.07) is 7.72. The molecule has 1 heterocycles. The van der Waals surface area contributed by atoms with E-state index in [1.165, 1.54) is 5.56 Å². The number of anilines is 1. The van der Waals surface area contributed by atoms with E-state index in [9.17, 15) is 4.79 Å². The standard InChI is InChI=1S/C13H14BrN3OS/c1-8(2)11-12(19-17-16-11)13(18)15-10-5-3-9(7-14)4-6-10/h3-6,8H,7H2,1-2H3,(H,15,18). The average Bonchev–Trinajstić information content (AvgIpc) is 2.89. The van der Waals surface area contributed by atoms with Crippen molar-refractivity contribution in [3.8, 4) is 0 Å². The Balaban J connectivity index is 2.13. The number of amides is 1. The molecule has 0 atom stereocenters. The first-order valence-corrected chi connectivity index (χ1v) is 7.79. The third-order valence-electron chi connectivity index (χ3n) is 2.63. The fourth-order valence-corrected chi connectivity index (χ4v) is 2.69. The molecule has 100 valence electrons. The second-order valence-electron chi connectivity index (χ2n) is 4.43. The number of hydrogen-bond acceptors (Lipinski definition) is 4. The summed E-state index contributed by atoms with van der Waals surface area (Å²) in [5.74, 6) is 0.0422. The van der Waals surface area contributed by atoms with E-state index in [1.54, 1.807) is 0 Å². The normalized spacial score (nSPS) is 10.7. The zero-order chi connectivity index (χ0) is 13.8. The molecule has 0 unspecified atom stereocenters. The Morgan fingerprint density at radius 1 is 1.37 bits per heavy atom. The molecule has 0 bridgehead atoms. The molecule has 6 heteroatoms. The molecule has 19 heavy (non-hydrogen) atoms. The predicted octanol–water partition coefficient (Wildman–Crippen LogP) is 3.81. The lowest BCUT2D eigenvalue weighted by atomic mass is 10.1. The van der Waals surface area contributed by atoms with Crippen molar-refractivity contribution in [2.45, 2.75) is 25.1 Å². The highest BCUT2D eigenvalue weighted by atomic mass is 79.9. The van der Waals surface area contributed by atoms with Gasteiger partial charge in [-0.2, -0.15) is 0 Å². The van der Waals surface area contributed by atoms with E-state index in [2.05, 4.69) is 30.8 Å². The molecule has 0 spiro atoms. The molecule has 2 aromatic rings. The third-order valence-corrected chi connectivity index (χ3v) is 4.02. The van der Waals surface area contributed by atoms with Crippen LogP contribution in [0.4, 0.5) is 5.69 Å². The molecule has 0 radical (unpaired) electrons. The second kappa shape index (κ2) is 6.25. The zero-order valence-corrected chi connectivity index (χ0v) is 13.1. The van der Waals surface area contributed by atoms with E-state index in [-0.39, 0.29) is 11.8 Å². The van der Waals surface area contributed by atoms with Crippen LogP contribution in [0.25, 0.3) is 0 Å². The summed E-state index contributed by atoms with van der Waals surface area (Å²) < 4.78 is 3.86. The number of carbonyl (C=O) groups excluding carboxylic acids is 1. The predicted molar refractivity (Wildman–Crippen MR) is 81.0 cm³/mol. The van der Waals surface area contributed by atoms with Crippen molar-refractivity contribution in [1.29, 1.82) is 0 Å². The molecule has 2 rings (SSSR count). The van der Waals surface area contributed by atoms with E-state index in [0.29, 0.717) is 4.88 Å². The van der Waals surface area contributed by atoms with Crippen LogP contribution in [0.2, 0.25) is 0 Å². The lowest BCUT2D eigenvalue weighted by molar-refractivity contribution is 0.102. The Morgan fingerprint density at radius 2 is 2.05 bits per heavy atom. The third kappa shape index (κ3) is 3.39. The maximum Gasteiger partial charge on any atom is 0.269 e. The summed E-state index contributed by atoms with van der Waals surface area (Å²) in [6.45, 7) is 4.00. The number of nitrogens with one attached hydrogen (secondary N) is 1. The molecule has 0 fully saturated rings. The first-order valence-electron chi connectivity index (χ1n) is 5.90. The van der Waals surface area contributed by atoms with Crippen molar-refractivity contribution in [2.24, 2.45) is 0 Å². The van der Waals surface area contributed by atoms with Crippen molar-refractivity contribution in [3.63, 3.8) is 0 Å². The Hall–Kier alpha value is -1.27. The molecule has 4 nitrogen and oxygen atoms in total. The van der Waals surface area contributed by atoms with Gasteiger partial charge in [0, 0.05) is 11.0 Å². The van der Waals surface area contributed by atoms with Gasteiger partial charge in [0.2, 0.25) is 0 Å². The van der Waals surface area contributed by atoms with Crippen LogP contribution in [0.1, 0.15) is 40.7 Å². The number of aromatic nitrogens is 2. The first-order chi connectivity index (χ1) is 9.11. The van der Waals surface area contributed by atoms with Gasteiger partial charge >= 0.3 is 0 Å². The lowest BCUT2D eigenvalue weighted by Gasteiger charge is -2.06. The van der Waals surface area contributed by atoms with Gasteiger partial charge in [0.05, 0.1) is 5.69 Å². The summed E-state index contributed by atoms with van der Waals surface area (Å²) in [5, 5.41) is 7.68. The van der Waals surface area contributed by atoms with Crippen molar-refractivity contribution in [2.75, 3.05) is 5.32 Å². The number of nitrogens with zero attached hydrogens (tertiary/aromatic N) is 2. The molecule has 0 aliphatic rings. The Kier molecular flexibility index (Phi) is 4.66. The van der Waals surface area contributed by atoms with Gasteiger partial charge in [0.1, 0.15) is 4.88 Å². The van der Waals surface area contributed by atoms with Gasteiger partial charge in [-0.05, 0) is 35.1 Å². The molecular formula is C13H14BrN3OS. The van der Waals surface area contributed by atoms with Gasteiger partial charge in [0.15, 0.2) is 0 Å². The SMILES string of the molecule is CC(C)c1nnsc1C(=O)Nc1ccc(CBr)cc1. The summed E-state index contributed by atoms with van der Waals surface area (Å²) in [4.78, 5) is 12.7. The van der Waals surface area contributed by atoms with Crippen LogP contribution in [0, 0.1) is 0 Å². The number of hydrogen-bond donors (Lipinski definition) is 1. The molecule has 0 saturated heterocycles. The fourth-order valence-electron chi connectivity index (χ4n) is 1.60. The summed E-state index contributed by atoms with van der Waals surface area (Å²) in [6.07, 6.45) is 0. The van der Waals surface area contributed by atoms with Crippen molar-refractivity contribution >= 4 is 39.1 Å². The van der Waals surface area contributed by atoms with E-state index in [4.69, 9.17) is 0 Å². The number of alkyl halides is 1. The second-order valence-corrected chi connectivity index (χ2v) is 5.74. The molecule has 0 aliphatic carbocycles. The fraction of sp³-hybridized carbons (Fsp3) is 0.308. The minimum atomic E-state index is -0.148. The highest BCUT2D eigenvalue weighted by Crippen LogP contribution is 2.21. The lowest BCUT2D eigenvalue weighted by Crippen LogP contribution is -2.13. The number of benzene rings is 1. The van der Waals surface area contributed by atoms with E-state index < -0.39 is 0 Å². The minimum absolute atomic E-state index is 0.148.